The first-order valence-electron chi connectivity index (χ1n) is 9.13. The summed E-state index contributed by atoms with van der Waals surface area (Å²) < 4.78 is 14.9. The van der Waals surface area contributed by atoms with E-state index in [1.807, 2.05) is 0 Å². The predicted octanol–water partition coefficient (Wildman–Crippen LogP) is 1.97. The zero-order chi connectivity index (χ0) is 22.4. The van der Waals surface area contributed by atoms with E-state index in [1.54, 1.807) is 32.0 Å². The quantitative estimate of drug-likeness (QED) is 0.498. The molecule has 0 fully saturated rings. The maximum Gasteiger partial charge on any atom is 0.339 e. The summed E-state index contributed by atoms with van der Waals surface area (Å²) in [6.45, 7) is 4.24. The van der Waals surface area contributed by atoms with Gasteiger partial charge in [-0.15, -0.1) is 0 Å². The third kappa shape index (κ3) is 5.05. The van der Waals surface area contributed by atoms with Crippen LogP contribution in [-0.2, 0) is 14.3 Å². The second-order valence-electron chi connectivity index (χ2n) is 6.53. The Kier molecular flexibility index (Phi) is 7.35. The Hall–Kier alpha value is -3.62. The maximum absolute atomic E-state index is 12.6. The highest BCUT2D eigenvalue weighted by atomic mass is 16.5. The Morgan fingerprint density at radius 1 is 1.13 bits per heavy atom. The summed E-state index contributed by atoms with van der Waals surface area (Å²) in [5.74, 6) is -1.82. The van der Waals surface area contributed by atoms with Crippen LogP contribution in [0.25, 0.3) is 0 Å². The summed E-state index contributed by atoms with van der Waals surface area (Å²) in [4.78, 5) is 51.6. The van der Waals surface area contributed by atoms with E-state index in [9.17, 15) is 19.2 Å². The van der Waals surface area contributed by atoms with Gasteiger partial charge >= 0.3 is 11.9 Å². The van der Waals surface area contributed by atoms with Gasteiger partial charge in [0.2, 0.25) is 5.78 Å². The molecule has 1 atom stereocenters. The van der Waals surface area contributed by atoms with Crippen molar-refractivity contribution in [1.29, 1.82) is 0 Å². The monoisotopic (exact) mass is 416 g/mol. The molecule has 30 heavy (non-hydrogen) atoms. The number of rotatable bonds is 8. The zero-order valence-electron chi connectivity index (χ0n) is 17.5. The predicted molar refractivity (Wildman–Crippen MR) is 107 cm³/mol. The summed E-state index contributed by atoms with van der Waals surface area (Å²) in [6.07, 6.45) is -1.12. The standard InChI is InChI=1S/C21H24N2O7/c1-11-17(21(27)29-5)12(2)23-18(11)19(25)13(3)30-16(24)10-22-20(26)14-7-6-8-15(9-14)28-4/h6-9,13,23H,10H2,1-5H3,(H,22,26)/t13-/m0/s1. The number of methoxy groups -OCH3 is 2. The lowest BCUT2D eigenvalue weighted by Gasteiger charge is -2.13. The molecular formula is C21H24N2O7. The second-order valence-corrected chi connectivity index (χ2v) is 6.53. The number of carbonyl (C=O) groups excluding carboxylic acids is 4. The van der Waals surface area contributed by atoms with Gasteiger partial charge in [0, 0.05) is 11.3 Å². The lowest BCUT2D eigenvalue weighted by molar-refractivity contribution is -0.145. The van der Waals surface area contributed by atoms with Crippen molar-refractivity contribution in [3.8, 4) is 5.75 Å². The number of Topliss-reactive ketones (excluding diaryl/α,β-unsaturated/α-hetero) is 1. The minimum absolute atomic E-state index is 0.161. The third-order valence-electron chi connectivity index (χ3n) is 4.48. The minimum atomic E-state index is -1.12. The first kappa shape index (κ1) is 22.7. The molecule has 2 N–H and O–H groups in total. The van der Waals surface area contributed by atoms with Crippen LogP contribution in [0.1, 0.15) is 49.4 Å². The van der Waals surface area contributed by atoms with Crippen molar-refractivity contribution in [2.24, 2.45) is 0 Å². The molecule has 2 aromatic rings. The number of hydrogen-bond acceptors (Lipinski definition) is 7. The smallest absolute Gasteiger partial charge is 0.339 e. The third-order valence-corrected chi connectivity index (χ3v) is 4.48. The summed E-state index contributed by atoms with van der Waals surface area (Å²) in [6, 6.07) is 6.44. The molecule has 2 rings (SSSR count). The molecule has 0 aliphatic rings. The van der Waals surface area contributed by atoms with Gasteiger partial charge in [0.25, 0.3) is 5.91 Å². The van der Waals surface area contributed by atoms with Crippen LogP contribution in [0.3, 0.4) is 0 Å². The van der Waals surface area contributed by atoms with Crippen LogP contribution < -0.4 is 10.1 Å². The van der Waals surface area contributed by atoms with Crippen molar-refractivity contribution in [3.63, 3.8) is 0 Å². The molecule has 1 aromatic carbocycles. The van der Waals surface area contributed by atoms with Gasteiger partial charge in [-0.2, -0.15) is 0 Å². The van der Waals surface area contributed by atoms with Crippen molar-refractivity contribution >= 4 is 23.6 Å². The molecule has 0 radical (unpaired) electrons. The lowest BCUT2D eigenvalue weighted by Crippen LogP contribution is -2.34. The summed E-state index contributed by atoms with van der Waals surface area (Å²) >= 11 is 0. The normalized spacial score (nSPS) is 11.4. The largest absolute Gasteiger partial charge is 0.497 e. The van der Waals surface area contributed by atoms with Crippen LogP contribution in [0.5, 0.6) is 5.75 Å². The number of ketones is 1. The Morgan fingerprint density at radius 3 is 2.47 bits per heavy atom. The van der Waals surface area contributed by atoms with E-state index in [4.69, 9.17) is 14.2 Å². The van der Waals surface area contributed by atoms with E-state index in [0.717, 1.165) is 0 Å². The second kappa shape index (κ2) is 9.73. The summed E-state index contributed by atoms with van der Waals surface area (Å²) in [5, 5.41) is 2.43. The number of hydrogen-bond donors (Lipinski definition) is 2. The molecule has 1 amide bonds. The number of amides is 1. The molecular weight excluding hydrogens is 392 g/mol. The molecule has 160 valence electrons. The van der Waals surface area contributed by atoms with Gasteiger partial charge in [-0.1, -0.05) is 6.07 Å². The van der Waals surface area contributed by atoms with Gasteiger partial charge in [0.15, 0.2) is 6.10 Å². The van der Waals surface area contributed by atoms with Crippen molar-refractivity contribution in [2.45, 2.75) is 26.9 Å². The lowest BCUT2D eigenvalue weighted by atomic mass is 10.1. The van der Waals surface area contributed by atoms with Crippen molar-refractivity contribution in [1.82, 2.24) is 10.3 Å². The maximum atomic E-state index is 12.6. The number of nitrogens with one attached hydrogen (secondary N) is 2. The molecule has 0 aliphatic carbocycles. The Labute approximate surface area is 173 Å². The van der Waals surface area contributed by atoms with Crippen LogP contribution >= 0.6 is 0 Å². The number of ether oxygens (including phenoxy) is 3. The number of esters is 2. The van der Waals surface area contributed by atoms with Gasteiger partial charge in [-0.05, 0) is 44.5 Å². The number of carbonyl (C=O) groups is 4. The minimum Gasteiger partial charge on any atom is -0.497 e. The van der Waals surface area contributed by atoms with E-state index in [2.05, 4.69) is 10.3 Å². The number of benzene rings is 1. The Balaban J connectivity index is 1.98. The van der Waals surface area contributed by atoms with Crippen molar-refractivity contribution in [3.05, 3.63) is 52.3 Å². The first-order valence-corrected chi connectivity index (χ1v) is 9.13. The molecule has 0 spiro atoms. The fraction of sp³-hybridized carbons (Fsp3) is 0.333. The first-order chi connectivity index (χ1) is 14.2. The van der Waals surface area contributed by atoms with E-state index in [0.29, 0.717) is 22.6 Å². The molecule has 1 heterocycles. The average Bonchev–Trinajstić information content (AvgIpc) is 3.04. The van der Waals surface area contributed by atoms with E-state index in [-0.39, 0.29) is 11.3 Å². The van der Waals surface area contributed by atoms with Crippen LogP contribution in [0.15, 0.2) is 24.3 Å². The van der Waals surface area contributed by atoms with Gasteiger partial charge in [-0.25, -0.2) is 4.79 Å². The van der Waals surface area contributed by atoms with Crippen LogP contribution in [0, 0.1) is 13.8 Å². The molecule has 9 heteroatoms. The zero-order valence-corrected chi connectivity index (χ0v) is 17.5. The number of aryl methyl sites for hydroxylation is 1. The van der Waals surface area contributed by atoms with E-state index >= 15 is 0 Å². The summed E-state index contributed by atoms with van der Waals surface area (Å²) in [7, 11) is 2.73. The molecule has 0 aliphatic heterocycles. The van der Waals surface area contributed by atoms with E-state index in [1.165, 1.54) is 27.2 Å². The molecule has 9 nitrogen and oxygen atoms in total. The molecule has 0 saturated carbocycles. The SMILES string of the molecule is COC(=O)c1c(C)[nH]c(C(=O)[C@H](C)OC(=O)CNC(=O)c2cccc(OC)c2)c1C. The molecule has 0 unspecified atom stereocenters. The highest BCUT2D eigenvalue weighted by Crippen LogP contribution is 2.20. The molecule has 0 saturated heterocycles. The molecule has 1 aromatic heterocycles. The fourth-order valence-corrected chi connectivity index (χ4v) is 2.92. The highest BCUT2D eigenvalue weighted by Gasteiger charge is 2.27. The van der Waals surface area contributed by atoms with Crippen LogP contribution in [-0.4, -0.2) is 55.5 Å². The van der Waals surface area contributed by atoms with Crippen LogP contribution in [0.2, 0.25) is 0 Å². The van der Waals surface area contributed by atoms with Gasteiger partial charge in [0.05, 0.1) is 25.5 Å². The number of aromatic nitrogens is 1. The number of H-pyrrole nitrogens is 1. The van der Waals surface area contributed by atoms with Crippen LogP contribution in [0.4, 0.5) is 0 Å². The topological polar surface area (TPSA) is 124 Å². The van der Waals surface area contributed by atoms with Crippen molar-refractivity contribution in [2.75, 3.05) is 20.8 Å². The Bertz CT molecular complexity index is 978. The fourth-order valence-electron chi connectivity index (χ4n) is 2.92. The van der Waals surface area contributed by atoms with Crippen molar-refractivity contribution < 1.29 is 33.4 Å². The Morgan fingerprint density at radius 2 is 1.83 bits per heavy atom. The average molecular weight is 416 g/mol. The summed E-state index contributed by atoms with van der Waals surface area (Å²) in [5.41, 5.74) is 1.64. The number of aromatic amines is 1. The molecule has 0 bridgehead atoms. The van der Waals surface area contributed by atoms with Gasteiger partial charge in [-0.3, -0.25) is 14.4 Å². The van der Waals surface area contributed by atoms with Gasteiger partial charge < -0.3 is 24.5 Å². The highest BCUT2D eigenvalue weighted by molar-refractivity contribution is 6.04. The van der Waals surface area contributed by atoms with E-state index < -0.39 is 36.3 Å². The van der Waals surface area contributed by atoms with Gasteiger partial charge in [0.1, 0.15) is 12.3 Å².